The molecule has 0 radical (unpaired) electrons. The zero-order valence-corrected chi connectivity index (χ0v) is 12.7. The Hall–Kier alpha value is -1.42. The largest absolute Gasteiger partial charge is 0.371 e. The summed E-state index contributed by atoms with van der Waals surface area (Å²) in [5.41, 5.74) is 1.79. The lowest BCUT2D eigenvalue weighted by Crippen LogP contribution is -2.30. The van der Waals surface area contributed by atoms with Gasteiger partial charge in [0.1, 0.15) is 0 Å². The van der Waals surface area contributed by atoms with Crippen LogP contribution in [0.25, 0.3) is 0 Å². The topological polar surface area (TPSA) is 44.4 Å². The van der Waals surface area contributed by atoms with Gasteiger partial charge in [0, 0.05) is 25.3 Å². The van der Waals surface area contributed by atoms with Crippen LogP contribution in [0.4, 0.5) is 16.2 Å². The summed E-state index contributed by atoms with van der Waals surface area (Å²) in [7, 11) is 0. The SMILES string of the molecule is CCCNC(=O)Nc1cc(N2CCCCC2)ccc1Cl. The number of piperidine rings is 1. The summed E-state index contributed by atoms with van der Waals surface area (Å²) in [6, 6.07) is 5.62. The molecule has 20 heavy (non-hydrogen) atoms. The van der Waals surface area contributed by atoms with Crippen molar-refractivity contribution in [2.24, 2.45) is 0 Å². The van der Waals surface area contributed by atoms with Crippen LogP contribution in [0, 0.1) is 0 Å². The molecule has 0 spiro atoms. The average molecular weight is 296 g/mol. The number of benzene rings is 1. The molecule has 1 aliphatic heterocycles. The van der Waals surface area contributed by atoms with E-state index in [2.05, 4.69) is 15.5 Å². The van der Waals surface area contributed by atoms with Crippen LogP contribution in [0.1, 0.15) is 32.6 Å². The second-order valence-corrected chi connectivity index (χ2v) is 5.50. The molecule has 1 aromatic rings. The molecule has 1 saturated heterocycles. The van der Waals surface area contributed by atoms with Gasteiger partial charge in [-0.3, -0.25) is 0 Å². The third kappa shape index (κ3) is 4.04. The van der Waals surface area contributed by atoms with Gasteiger partial charge in [0.2, 0.25) is 0 Å². The number of urea groups is 1. The Balaban J connectivity index is 2.05. The first kappa shape index (κ1) is 15.0. The van der Waals surface area contributed by atoms with Gasteiger partial charge in [-0.05, 0) is 43.9 Å². The predicted octanol–water partition coefficient (Wildman–Crippen LogP) is 3.86. The molecule has 4 nitrogen and oxygen atoms in total. The molecule has 0 bridgehead atoms. The summed E-state index contributed by atoms with van der Waals surface area (Å²) in [6.07, 6.45) is 4.66. The molecule has 0 aliphatic carbocycles. The van der Waals surface area contributed by atoms with Gasteiger partial charge in [-0.25, -0.2) is 4.79 Å². The lowest BCUT2D eigenvalue weighted by Gasteiger charge is -2.29. The number of halogens is 1. The number of nitrogens with zero attached hydrogens (tertiary/aromatic N) is 1. The van der Waals surface area contributed by atoms with Gasteiger partial charge in [-0.2, -0.15) is 0 Å². The van der Waals surface area contributed by atoms with Crippen LogP contribution in [-0.2, 0) is 0 Å². The van der Waals surface area contributed by atoms with E-state index in [4.69, 9.17) is 11.6 Å². The number of carbonyl (C=O) groups is 1. The van der Waals surface area contributed by atoms with Crippen molar-refractivity contribution in [1.29, 1.82) is 0 Å². The smallest absolute Gasteiger partial charge is 0.319 e. The monoisotopic (exact) mass is 295 g/mol. The zero-order valence-electron chi connectivity index (χ0n) is 11.9. The summed E-state index contributed by atoms with van der Waals surface area (Å²) < 4.78 is 0. The van der Waals surface area contributed by atoms with Gasteiger partial charge < -0.3 is 15.5 Å². The molecular formula is C15H22ClN3O. The zero-order chi connectivity index (χ0) is 14.4. The Kier molecular flexibility index (Phi) is 5.53. The normalized spacial score (nSPS) is 15.0. The molecule has 2 N–H and O–H groups in total. The van der Waals surface area contributed by atoms with Crippen molar-refractivity contribution >= 4 is 29.0 Å². The number of carbonyl (C=O) groups excluding carboxylic acids is 1. The Labute approximate surface area is 125 Å². The van der Waals surface area contributed by atoms with Crippen molar-refractivity contribution in [2.75, 3.05) is 29.9 Å². The highest BCUT2D eigenvalue weighted by Crippen LogP contribution is 2.29. The van der Waals surface area contributed by atoms with Crippen molar-refractivity contribution in [3.63, 3.8) is 0 Å². The highest BCUT2D eigenvalue weighted by molar-refractivity contribution is 6.33. The van der Waals surface area contributed by atoms with E-state index in [-0.39, 0.29) is 6.03 Å². The molecule has 0 unspecified atom stereocenters. The molecule has 2 amide bonds. The molecule has 1 fully saturated rings. The van der Waals surface area contributed by atoms with Crippen molar-refractivity contribution in [3.05, 3.63) is 23.2 Å². The highest BCUT2D eigenvalue weighted by Gasteiger charge is 2.13. The molecule has 1 aromatic carbocycles. The molecule has 1 aliphatic rings. The maximum atomic E-state index is 11.7. The Bertz CT molecular complexity index is 458. The number of nitrogens with one attached hydrogen (secondary N) is 2. The van der Waals surface area contributed by atoms with Gasteiger partial charge in [-0.15, -0.1) is 0 Å². The first-order chi connectivity index (χ1) is 9.70. The summed E-state index contributed by atoms with van der Waals surface area (Å²) in [5.74, 6) is 0. The van der Waals surface area contributed by atoms with E-state index in [0.717, 1.165) is 25.2 Å². The second-order valence-electron chi connectivity index (χ2n) is 5.09. The van der Waals surface area contributed by atoms with Gasteiger partial charge in [0.25, 0.3) is 0 Å². The minimum Gasteiger partial charge on any atom is -0.371 e. The summed E-state index contributed by atoms with van der Waals surface area (Å²) in [6.45, 7) is 4.83. The van der Waals surface area contributed by atoms with Gasteiger partial charge in [0.05, 0.1) is 10.7 Å². The Morgan fingerprint density at radius 1 is 1.30 bits per heavy atom. The van der Waals surface area contributed by atoms with E-state index in [1.807, 2.05) is 25.1 Å². The number of anilines is 2. The molecular weight excluding hydrogens is 274 g/mol. The lowest BCUT2D eigenvalue weighted by molar-refractivity contribution is 0.252. The third-order valence-electron chi connectivity index (χ3n) is 3.45. The number of hydrogen-bond acceptors (Lipinski definition) is 2. The van der Waals surface area contributed by atoms with Crippen molar-refractivity contribution in [3.8, 4) is 0 Å². The minimum atomic E-state index is -0.204. The van der Waals surface area contributed by atoms with Crippen LogP contribution in [0.3, 0.4) is 0 Å². The third-order valence-corrected chi connectivity index (χ3v) is 3.78. The van der Waals surface area contributed by atoms with Crippen LogP contribution in [0.2, 0.25) is 5.02 Å². The molecule has 1 heterocycles. The average Bonchev–Trinajstić information content (AvgIpc) is 2.48. The van der Waals surface area contributed by atoms with E-state index in [0.29, 0.717) is 17.3 Å². The fourth-order valence-electron chi connectivity index (χ4n) is 2.36. The fraction of sp³-hybridized carbons (Fsp3) is 0.533. The maximum Gasteiger partial charge on any atom is 0.319 e. The van der Waals surface area contributed by atoms with Crippen LogP contribution < -0.4 is 15.5 Å². The molecule has 0 saturated carbocycles. The summed E-state index contributed by atoms with van der Waals surface area (Å²) >= 11 is 6.15. The number of hydrogen-bond donors (Lipinski definition) is 2. The van der Waals surface area contributed by atoms with E-state index in [9.17, 15) is 4.79 Å². The maximum absolute atomic E-state index is 11.7. The van der Waals surface area contributed by atoms with E-state index in [1.165, 1.54) is 19.3 Å². The minimum absolute atomic E-state index is 0.204. The second kappa shape index (κ2) is 7.39. The lowest BCUT2D eigenvalue weighted by atomic mass is 10.1. The summed E-state index contributed by atoms with van der Waals surface area (Å²) in [5, 5.41) is 6.17. The Morgan fingerprint density at radius 3 is 2.75 bits per heavy atom. The first-order valence-corrected chi connectivity index (χ1v) is 7.68. The molecule has 5 heteroatoms. The Morgan fingerprint density at radius 2 is 2.05 bits per heavy atom. The standard InChI is InChI=1S/C15H22ClN3O/c1-2-8-17-15(20)18-14-11-12(6-7-13(14)16)19-9-4-3-5-10-19/h6-7,11H,2-5,8-10H2,1H3,(H2,17,18,20). The number of amides is 2. The van der Waals surface area contributed by atoms with Crippen LogP contribution in [-0.4, -0.2) is 25.7 Å². The first-order valence-electron chi connectivity index (χ1n) is 7.30. The van der Waals surface area contributed by atoms with E-state index >= 15 is 0 Å². The summed E-state index contributed by atoms with van der Waals surface area (Å²) in [4.78, 5) is 14.1. The van der Waals surface area contributed by atoms with Crippen LogP contribution in [0.15, 0.2) is 18.2 Å². The van der Waals surface area contributed by atoms with Crippen LogP contribution >= 0.6 is 11.6 Å². The fourth-order valence-corrected chi connectivity index (χ4v) is 2.53. The highest BCUT2D eigenvalue weighted by atomic mass is 35.5. The van der Waals surface area contributed by atoms with Crippen molar-refractivity contribution in [1.82, 2.24) is 5.32 Å². The molecule has 0 aromatic heterocycles. The van der Waals surface area contributed by atoms with Crippen molar-refractivity contribution in [2.45, 2.75) is 32.6 Å². The van der Waals surface area contributed by atoms with E-state index < -0.39 is 0 Å². The van der Waals surface area contributed by atoms with Gasteiger partial charge in [0.15, 0.2) is 0 Å². The predicted molar refractivity (Wildman–Crippen MR) is 84.8 cm³/mol. The molecule has 2 rings (SSSR count). The van der Waals surface area contributed by atoms with E-state index in [1.54, 1.807) is 0 Å². The number of rotatable bonds is 4. The quantitative estimate of drug-likeness (QED) is 0.886. The van der Waals surface area contributed by atoms with Crippen LogP contribution in [0.5, 0.6) is 0 Å². The molecule has 0 atom stereocenters. The van der Waals surface area contributed by atoms with Gasteiger partial charge in [-0.1, -0.05) is 18.5 Å². The van der Waals surface area contributed by atoms with Crippen molar-refractivity contribution < 1.29 is 4.79 Å². The van der Waals surface area contributed by atoms with Gasteiger partial charge >= 0.3 is 6.03 Å². The molecule has 110 valence electrons.